The summed E-state index contributed by atoms with van der Waals surface area (Å²) in [5.41, 5.74) is 1.29. The Morgan fingerprint density at radius 1 is 1.22 bits per heavy atom. The van der Waals surface area contributed by atoms with Gasteiger partial charge in [-0.1, -0.05) is 12.1 Å². The number of fused-ring (bicyclic) bond motifs is 1. The summed E-state index contributed by atoms with van der Waals surface area (Å²) in [4.78, 5) is 15.8. The highest BCUT2D eigenvalue weighted by Gasteiger charge is 2.29. The molecular weight excluding hydrogens is 365 g/mol. The van der Waals surface area contributed by atoms with Crippen LogP contribution in [0.25, 0.3) is 0 Å². The standard InChI is InChI=1S/C18H17F3N2O4/c19-18(20,21)10-25-17-13(2-1-7-22-17)9-23-16(24)6-4-12-3-5-14-15(8-12)27-11-26-14/h1-3,5,7-8H,4,6,9-11H2,(H,23,24). The first kappa shape index (κ1) is 18.8. The van der Waals surface area contributed by atoms with E-state index in [4.69, 9.17) is 14.2 Å². The molecule has 2 aromatic rings. The van der Waals surface area contributed by atoms with Gasteiger partial charge in [0.1, 0.15) is 0 Å². The second-order valence-corrected chi connectivity index (χ2v) is 5.84. The first-order chi connectivity index (χ1) is 12.9. The fourth-order valence-corrected chi connectivity index (χ4v) is 2.48. The number of carbonyl (C=O) groups excluding carboxylic acids is 1. The van der Waals surface area contributed by atoms with E-state index in [1.807, 2.05) is 12.1 Å². The molecule has 0 atom stereocenters. The molecule has 0 saturated heterocycles. The molecule has 144 valence electrons. The second-order valence-electron chi connectivity index (χ2n) is 5.84. The number of hydrogen-bond acceptors (Lipinski definition) is 5. The number of aryl methyl sites for hydroxylation is 1. The number of pyridine rings is 1. The minimum Gasteiger partial charge on any atom is -0.468 e. The van der Waals surface area contributed by atoms with Gasteiger partial charge in [0.25, 0.3) is 0 Å². The van der Waals surface area contributed by atoms with Crippen molar-refractivity contribution in [2.45, 2.75) is 25.6 Å². The third-order valence-corrected chi connectivity index (χ3v) is 3.78. The smallest absolute Gasteiger partial charge is 0.422 e. The van der Waals surface area contributed by atoms with Crippen LogP contribution in [-0.4, -0.2) is 30.5 Å². The minimum absolute atomic E-state index is 0.0288. The van der Waals surface area contributed by atoms with E-state index >= 15 is 0 Å². The number of aromatic nitrogens is 1. The number of nitrogens with zero attached hydrogens (tertiary/aromatic N) is 1. The number of hydrogen-bond donors (Lipinski definition) is 1. The molecule has 0 radical (unpaired) electrons. The van der Waals surface area contributed by atoms with Crippen LogP contribution in [-0.2, 0) is 17.8 Å². The maximum Gasteiger partial charge on any atom is 0.422 e. The summed E-state index contributed by atoms with van der Waals surface area (Å²) in [6.45, 7) is -1.22. The Kier molecular flexibility index (Phi) is 5.68. The van der Waals surface area contributed by atoms with Crippen LogP contribution in [0.3, 0.4) is 0 Å². The molecule has 0 saturated carbocycles. The highest BCUT2D eigenvalue weighted by atomic mass is 19.4. The predicted octanol–water partition coefficient (Wildman–Crippen LogP) is 3.00. The van der Waals surface area contributed by atoms with E-state index < -0.39 is 12.8 Å². The van der Waals surface area contributed by atoms with Crippen LogP contribution < -0.4 is 19.5 Å². The monoisotopic (exact) mass is 382 g/mol. The molecule has 0 spiro atoms. The van der Waals surface area contributed by atoms with Crippen LogP contribution in [0.2, 0.25) is 0 Å². The highest BCUT2D eigenvalue weighted by Crippen LogP contribution is 2.32. The summed E-state index contributed by atoms with van der Waals surface area (Å²) in [6, 6.07) is 8.58. The summed E-state index contributed by atoms with van der Waals surface area (Å²) < 4.78 is 52.1. The molecule has 3 rings (SSSR count). The number of nitrogens with one attached hydrogen (secondary N) is 1. The Bertz CT molecular complexity index is 811. The number of ether oxygens (including phenoxy) is 3. The van der Waals surface area contributed by atoms with Crippen molar-refractivity contribution >= 4 is 5.91 Å². The normalized spacial score (nSPS) is 12.7. The molecule has 2 heterocycles. The molecule has 0 unspecified atom stereocenters. The molecule has 6 nitrogen and oxygen atoms in total. The van der Waals surface area contributed by atoms with Crippen LogP contribution in [0.5, 0.6) is 17.4 Å². The van der Waals surface area contributed by atoms with E-state index in [1.165, 1.54) is 6.20 Å². The van der Waals surface area contributed by atoms with E-state index in [0.29, 0.717) is 23.5 Å². The van der Waals surface area contributed by atoms with Crippen LogP contribution in [0.1, 0.15) is 17.5 Å². The van der Waals surface area contributed by atoms with Crippen molar-refractivity contribution in [3.05, 3.63) is 47.7 Å². The first-order valence-electron chi connectivity index (χ1n) is 8.19. The molecule has 1 aromatic carbocycles. The predicted molar refractivity (Wildman–Crippen MR) is 88.5 cm³/mol. The van der Waals surface area contributed by atoms with Crippen molar-refractivity contribution in [1.82, 2.24) is 10.3 Å². The van der Waals surface area contributed by atoms with Gasteiger partial charge in [-0.25, -0.2) is 4.98 Å². The van der Waals surface area contributed by atoms with Crippen LogP contribution in [0.15, 0.2) is 36.5 Å². The lowest BCUT2D eigenvalue weighted by Crippen LogP contribution is -2.24. The van der Waals surface area contributed by atoms with Gasteiger partial charge in [-0.2, -0.15) is 13.2 Å². The zero-order valence-corrected chi connectivity index (χ0v) is 14.2. The lowest BCUT2D eigenvalue weighted by Gasteiger charge is -2.12. The Morgan fingerprint density at radius 3 is 2.85 bits per heavy atom. The first-order valence-corrected chi connectivity index (χ1v) is 8.19. The van der Waals surface area contributed by atoms with E-state index in [2.05, 4.69) is 10.3 Å². The van der Waals surface area contributed by atoms with Gasteiger partial charge in [-0.15, -0.1) is 0 Å². The number of amides is 1. The van der Waals surface area contributed by atoms with Gasteiger partial charge in [0.15, 0.2) is 18.1 Å². The number of alkyl halides is 3. The topological polar surface area (TPSA) is 69.7 Å². The Balaban J connectivity index is 1.49. The van der Waals surface area contributed by atoms with Gasteiger partial charge in [0.05, 0.1) is 0 Å². The Labute approximate surface area is 153 Å². The van der Waals surface area contributed by atoms with Crippen molar-refractivity contribution in [3.8, 4) is 17.4 Å². The zero-order valence-electron chi connectivity index (χ0n) is 14.2. The molecule has 1 aliphatic rings. The van der Waals surface area contributed by atoms with E-state index in [1.54, 1.807) is 18.2 Å². The van der Waals surface area contributed by atoms with Crippen molar-refractivity contribution in [1.29, 1.82) is 0 Å². The largest absolute Gasteiger partial charge is 0.468 e. The third-order valence-electron chi connectivity index (χ3n) is 3.78. The van der Waals surface area contributed by atoms with Gasteiger partial charge in [0.2, 0.25) is 18.6 Å². The minimum atomic E-state index is -4.46. The summed E-state index contributed by atoms with van der Waals surface area (Å²) in [5.74, 6) is 0.935. The van der Waals surface area contributed by atoms with Crippen LogP contribution in [0, 0.1) is 0 Å². The summed E-state index contributed by atoms with van der Waals surface area (Å²) in [7, 11) is 0. The number of carbonyl (C=O) groups is 1. The number of benzene rings is 1. The zero-order chi connectivity index (χ0) is 19.3. The van der Waals surface area contributed by atoms with Gasteiger partial charge >= 0.3 is 6.18 Å². The molecule has 0 bridgehead atoms. The molecule has 9 heteroatoms. The average Bonchev–Trinajstić information content (AvgIpc) is 3.10. The third kappa shape index (κ3) is 5.50. The molecule has 0 fully saturated rings. The maximum atomic E-state index is 12.3. The van der Waals surface area contributed by atoms with Gasteiger partial charge in [0, 0.05) is 24.7 Å². The fourth-order valence-electron chi connectivity index (χ4n) is 2.48. The molecule has 1 amide bonds. The van der Waals surface area contributed by atoms with E-state index in [0.717, 1.165) is 5.56 Å². The summed E-state index contributed by atoms with van der Waals surface area (Å²) >= 11 is 0. The van der Waals surface area contributed by atoms with Crippen LogP contribution in [0.4, 0.5) is 13.2 Å². The second kappa shape index (κ2) is 8.15. The van der Waals surface area contributed by atoms with Crippen molar-refractivity contribution in [3.63, 3.8) is 0 Å². The van der Waals surface area contributed by atoms with E-state index in [-0.39, 0.29) is 31.5 Å². The molecule has 1 N–H and O–H groups in total. The Hall–Kier alpha value is -2.97. The molecule has 0 aliphatic carbocycles. The fraction of sp³-hybridized carbons (Fsp3) is 0.333. The number of rotatable bonds is 7. The molecular formula is C18H17F3N2O4. The summed E-state index contributed by atoms with van der Waals surface area (Å²) in [5, 5.41) is 2.66. The Morgan fingerprint density at radius 2 is 2.04 bits per heavy atom. The van der Waals surface area contributed by atoms with Gasteiger partial charge in [-0.3, -0.25) is 4.79 Å². The lowest BCUT2D eigenvalue weighted by molar-refractivity contribution is -0.154. The van der Waals surface area contributed by atoms with Crippen molar-refractivity contribution < 1.29 is 32.2 Å². The molecule has 1 aromatic heterocycles. The van der Waals surface area contributed by atoms with Crippen molar-refractivity contribution in [2.75, 3.05) is 13.4 Å². The van der Waals surface area contributed by atoms with Gasteiger partial charge in [-0.05, 0) is 30.2 Å². The highest BCUT2D eigenvalue weighted by molar-refractivity contribution is 5.76. The lowest BCUT2D eigenvalue weighted by atomic mass is 10.1. The quantitative estimate of drug-likeness (QED) is 0.797. The summed E-state index contributed by atoms with van der Waals surface area (Å²) in [6.07, 6.45) is -2.41. The maximum absolute atomic E-state index is 12.3. The van der Waals surface area contributed by atoms with E-state index in [9.17, 15) is 18.0 Å². The van der Waals surface area contributed by atoms with Crippen molar-refractivity contribution in [2.24, 2.45) is 0 Å². The molecule has 27 heavy (non-hydrogen) atoms. The number of halogens is 3. The average molecular weight is 382 g/mol. The van der Waals surface area contributed by atoms with Gasteiger partial charge < -0.3 is 19.5 Å². The SMILES string of the molecule is O=C(CCc1ccc2c(c1)OCO2)NCc1cccnc1OCC(F)(F)F. The van der Waals surface area contributed by atoms with Crippen LogP contribution >= 0.6 is 0 Å². The molecule has 1 aliphatic heterocycles.